The molecule has 19 heteroatoms. The third-order valence-electron chi connectivity index (χ3n) is 7.36. The molecule has 2 atom stereocenters. The van der Waals surface area contributed by atoms with Gasteiger partial charge in [0.2, 0.25) is 12.2 Å². The first kappa shape index (κ1) is 42.3. The molecule has 18 nitrogen and oxygen atoms in total. The number of esters is 4. The molecule has 57 heavy (non-hydrogen) atoms. The van der Waals surface area contributed by atoms with Crippen molar-refractivity contribution in [1.29, 1.82) is 0 Å². The van der Waals surface area contributed by atoms with Crippen molar-refractivity contribution < 1.29 is 71.9 Å². The van der Waals surface area contributed by atoms with Crippen LogP contribution in [0.3, 0.4) is 0 Å². The van der Waals surface area contributed by atoms with E-state index in [-0.39, 0.29) is 39.7 Å². The van der Waals surface area contributed by atoms with Gasteiger partial charge in [-0.3, -0.25) is 34.8 Å². The van der Waals surface area contributed by atoms with Gasteiger partial charge in [-0.15, -0.1) is 0 Å². The normalized spacial score (nSPS) is 11.4. The topological polar surface area (TPSA) is 248 Å². The van der Waals surface area contributed by atoms with Crippen molar-refractivity contribution in [3.05, 3.63) is 112 Å². The van der Waals surface area contributed by atoms with Crippen LogP contribution in [0.5, 0.6) is 23.0 Å². The number of carbonyl (C=O) groups excluding carboxylic acids is 7. The molecule has 296 valence electrons. The maximum atomic E-state index is 13.5. The van der Waals surface area contributed by atoms with E-state index in [9.17, 15) is 43.5 Å². The molecule has 0 aliphatic carbocycles. The Morgan fingerprint density at radius 1 is 0.561 bits per heavy atom. The van der Waals surface area contributed by atoms with Crippen molar-refractivity contribution >= 4 is 64.9 Å². The lowest BCUT2D eigenvalue weighted by atomic mass is 10.1. The van der Waals surface area contributed by atoms with E-state index in [0.29, 0.717) is 16.3 Å². The highest BCUT2D eigenvalue weighted by atomic mass is 35.5. The number of hydrazine groups is 1. The van der Waals surface area contributed by atoms with Crippen LogP contribution in [-0.2, 0) is 28.7 Å². The Hall–Kier alpha value is -7.47. The Morgan fingerprint density at radius 2 is 1.00 bits per heavy atom. The fraction of sp³-hybridized carbons (Fsp3) is 0.158. The second-order valence-corrected chi connectivity index (χ2v) is 11.8. The summed E-state index contributed by atoms with van der Waals surface area (Å²) in [5, 5.41) is 13.2. The van der Waals surface area contributed by atoms with E-state index in [1.807, 2.05) is 5.43 Å². The van der Waals surface area contributed by atoms with Crippen LogP contribution in [0.1, 0.15) is 55.3 Å². The number of carbonyl (C=O) groups is 8. The third-order valence-corrected chi connectivity index (χ3v) is 7.61. The molecule has 4 rings (SSSR count). The van der Waals surface area contributed by atoms with Gasteiger partial charge in [0.25, 0.3) is 17.7 Å². The number of aliphatic carboxylic acids is 1. The molecule has 0 bridgehead atoms. The van der Waals surface area contributed by atoms with Gasteiger partial charge in [-0.25, -0.2) is 14.4 Å². The van der Waals surface area contributed by atoms with Gasteiger partial charge in [-0.05, 0) is 84.9 Å². The van der Waals surface area contributed by atoms with Crippen LogP contribution in [0, 0.1) is 0 Å². The van der Waals surface area contributed by atoms with Gasteiger partial charge in [0.1, 0.15) is 0 Å². The summed E-state index contributed by atoms with van der Waals surface area (Å²) in [6, 6.07) is 18.2. The van der Waals surface area contributed by atoms with Crippen molar-refractivity contribution in [2.24, 2.45) is 0 Å². The summed E-state index contributed by atoms with van der Waals surface area (Å²) < 4.78 is 30.7. The number of hydrogen-bond donors (Lipinski definition) is 4. The summed E-state index contributed by atoms with van der Waals surface area (Å²) in [6.07, 6.45) is -5.01. The number of anilines is 1. The number of carboxylic acid groups (broad SMARTS) is 1. The highest BCUT2D eigenvalue weighted by Crippen LogP contribution is 2.30. The van der Waals surface area contributed by atoms with E-state index in [4.69, 9.17) is 40.0 Å². The first-order valence-electron chi connectivity index (χ1n) is 16.2. The minimum Gasteiger partial charge on any atom is -0.493 e. The van der Waals surface area contributed by atoms with Crippen molar-refractivity contribution in [2.75, 3.05) is 19.5 Å². The van der Waals surface area contributed by atoms with Gasteiger partial charge >= 0.3 is 29.8 Å². The number of carboxylic acids is 1. The van der Waals surface area contributed by atoms with Crippen molar-refractivity contribution in [2.45, 2.75) is 26.1 Å². The van der Waals surface area contributed by atoms with E-state index < -0.39 is 59.8 Å². The first-order chi connectivity index (χ1) is 27.1. The Morgan fingerprint density at radius 3 is 1.46 bits per heavy atom. The molecule has 0 heterocycles. The predicted octanol–water partition coefficient (Wildman–Crippen LogP) is 3.76. The zero-order valence-corrected chi connectivity index (χ0v) is 31.0. The number of methoxy groups -OCH3 is 2. The molecule has 0 saturated heterocycles. The molecule has 0 aromatic heterocycles. The molecular formula is C38H32ClN3O15. The number of ether oxygens (including phenoxy) is 6. The predicted molar refractivity (Wildman–Crippen MR) is 196 cm³/mol. The third kappa shape index (κ3) is 11.5. The summed E-state index contributed by atoms with van der Waals surface area (Å²) in [5.41, 5.74) is 3.94. The summed E-state index contributed by atoms with van der Waals surface area (Å²) in [4.78, 5) is 101. The quantitative estimate of drug-likeness (QED) is 0.0805. The molecule has 0 unspecified atom stereocenters. The van der Waals surface area contributed by atoms with Gasteiger partial charge < -0.3 is 38.8 Å². The van der Waals surface area contributed by atoms with Crippen molar-refractivity contribution in [3.63, 3.8) is 0 Å². The lowest BCUT2D eigenvalue weighted by molar-refractivity contribution is -0.159. The molecule has 0 radical (unpaired) electrons. The Balaban J connectivity index is 1.56. The monoisotopic (exact) mass is 805 g/mol. The smallest absolute Gasteiger partial charge is 0.349 e. The Bertz CT molecular complexity index is 2210. The van der Waals surface area contributed by atoms with Crippen LogP contribution in [-0.4, -0.2) is 79.1 Å². The van der Waals surface area contributed by atoms with E-state index in [1.165, 1.54) is 74.9 Å². The average Bonchev–Trinajstić information content (AvgIpc) is 3.18. The first-order valence-corrected chi connectivity index (χ1v) is 16.6. The van der Waals surface area contributed by atoms with Gasteiger partial charge in [0.15, 0.2) is 23.0 Å². The van der Waals surface area contributed by atoms with Crippen LogP contribution in [0.4, 0.5) is 5.69 Å². The Labute approximate surface area is 327 Å². The van der Waals surface area contributed by atoms with Crippen molar-refractivity contribution in [1.82, 2.24) is 10.9 Å². The van der Waals surface area contributed by atoms with Crippen LogP contribution in [0.2, 0.25) is 5.02 Å². The Kier molecular flexibility index (Phi) is 14.3. The molecular weight excluding hydrogens is 774 g/mol. The molecule has 4 N–H and O–H groups in total. The number of nitrogens with one attached hydrogen (secondary N) is 3. The molecule has 0 fully saturated rings. The van der Waals surface area contributed by atoms with Crippen LogP contribution >= 0.6 is 11.6 Å². The van der Waals surface area contributed by atoms with Gasteiger partial charge in [0.05, 0.1) is 25.3 Å². The molecule has 0 spiro atoms. The standard InChI is InChI=1S/C38H32ClN3O15/c1-19(43)54-27-15-9-23(17-29(27)52-3)37(50)56-31(32(36(48)49)57-38(51)24-10-16-28(55-20(2)44)30(18-24)53-4)35(47)42-41-34(46)22-7-13-26(14-8-22)40-33(45)21-5-11-25(39)12-6-21/h5-18,31-32H,1-4H3,(H,40,45)(H,41,46)(H,42,47)(H,48,49)/t31-,32-/m1/s1. The van der Waals surface area contributed by atoms with Crippen LogP contribution in [0.15, 0.2) is 84.9 Å². The van der Waals surface area contributed by atoms with Gasteiger partial charge in [0, 0.05) is 35.7 Å². The number of amides is 3. The van der Waals surface area contributed by atoms with Crippen LogP contribution in [0.25, 0.3) is 0 Å². The minimum atomic E-state index is -2.54. The van der Waals surface area contributed by atoms with E-state index in [0.717, 1.165) is 38.1 Å². The summed E-state index contributed by atoms with van der Waals surface area (Å²) in [6.45, 7) is 2.25. The summed E-state index contributed by atoms with van der Waals surface area (Å²) in [7, 11) is 2.41. The summed E-state index contributed by atoms with van der Waals surface area (Å²) in [5.74, 6) is -9.27. The molecule has 4 aromatic carbocycles. The molecule has 4 aromatic rings. The highest BCUT2D eigenvalue weighted by molar-refractivity contribution is 6.30. The summed E-state index contributed by atoms with van der Waals surface area (Å²) >= 11 is 5.86. The number of rotatable bonds is 14. The highest BCUT2D eigenvalue weighted by Gasteiger charge is 2.41. The maximum Gasteiger partial charge on any atom is 0.349 e. The second kappa shape index (κ2) is 19.2. The zero-order valence-electron chi connectivity index (χ0n) is 30.3. The number of benzene rings is 4. The zero-order chi connectivity index (χ0) is 41.8. The molecule has 3 amide bonds. The SMILES string of the molecule is COc1cc(C(=O)O[C@@H](C(=O)O)[C@@H](OC(=O)c2ccc(OC(C)=O)c(OC)c2)C(=O)NNC(=O)c2ccc(NC(=O)c3ccc(Cl)cc3)cc2)ccc1OC(C)=O. The van der Waals surface area contributed by atoms with Gasteiger partial charge in [-0.2, -0.15) is 0 Å². The fourth-order valence-electron chi connectivity index (χ4n) is 4.70. The molecule has 0 aliphatic heterocycles. The average molecular weight is 806 g/mol. The lowest BCUT2D eigenvalue weighted by Crippen LogP contribution is -2.54. The van der Waals surface area contributed by atoms with Crippen molar-refractivity contribution in [3.8, 4) is 23.0 Å². The van der Waals surface area contributed by atoms with E-state index in [1.54, 1.807) is 0 Å². The lowest BCUT2D eigenvalue weighted by Gasteiger charge is -2.24. The van der Waals surface area contributed by atoms with E-state index >= 15 is 0 Å². The number of hydrogen-bond acceptors (Lipinski definition) is 14. The molecule has 0 saturated carbocycles. The second-order valence-electron chi connectivity index (χ2n) is 11.4. The molecule has 0 aliphatic rings. The maximum absolute atomic E-state index is 13.5. The minimum absolute atomic E-state index is 0.0411. The largest absolute Gasteiger partial charge is 0.493 e. The van der Waals surface area contributed by atoms with E-state index in [2.05, 4.69) is 10.7 Å². The number of halogens is 1. The van der Waals surface area contributed by atoms with Gasteiger partial charge in [-0.1, -0.05) is 11.6 Å². The van der Waals surface area contributed by atoms with Crippen LogP contribution < -0.4 is 35.1 Å². The fourth-order valence-corrected chi connectivity index (χ4v) is 4.83.